The fraction of sp³-hybridized carbons (Fsp3) is 0.211. The highest BCUT2D eigenvalue weighted by Crippen LogP contribution is 2.28. The largest absolute Gasteiger partial charge is 0.370 e. The van der Waals surface area contributed by atoms with Crippen molar-refractivity contribution >= 4 is 23.4 Å². The van der Waals surface area contributed by atoms with Crippen LogP contribution in [0.15, 0.2) is 54.6 Å². The van der Waals surface area contributed by atoms with Gasteiger partial charge in [0.15, 0.2) is 0 Å². The second kappa shape index (κ2) is 7.09. The summed E-state index contributed by atoms with van der Waals surface area (Å²) in [5.41, 5.74) is 2.52. The van der Waals surface area contributed by atoms with E-state index in [1.54, 1.807) is 18.2 Å². The molecule has 0 radical (unpaired) electrons. The Balaban J connectivity index is 1.70. The maximum absolute atomic E-state index is 13.1. The van der Waals surface area contributed by atoms with E-state index in [0.717, 1.165) is 24.5 Å². The van der Waals surface area contributed by atoms with Gasteiger partial charge in [0.2, 0.25) is 5.91 Å². The molecule has 4 heteroatoms. The molecule has 1 aliphatic heterocycles. The first kappa shape index (κ1) is 15.3. The Kier molecular flexibility index (Phi) is 4.71. The van der Waals surface area contributed by atoms with Crippen molar-refractivity contribution in [2.75, 3.05) is 23.3 Å². The van der Waals surface area contributed by atoms with E-state index < -0.39 is 0 Å². The molecule has 1 fully saturated rings. The lowest BCUT2D eigenvalue weighted by molar-refractivity contribution is -0.111. The van der Waals surface area contributed by atoms with Gasteiger partial charge in [0.25, 0.3) is 0 Å². The fourth-order valence-corrected chi connectivity index (χ4v) is 2.77. The number of anilines is 2. The van der Waals surface area contributed by atoms with Crippen molar-refractivity contribution in [3.05, 3.63) is 66.0 Å². The smallest absolute Gasteiger partial charge is 0.248 e. The lowest BCUT2D eigenvalue weighted by Crippen LogP contribution is -2.20. The van der Waals surface area contributed by atoms with Crippen molar-refractivity contribution < 1.29 is 9.18 Å². The summed E-state index contributed by atoms with van der Waals surface area (Å²) in [5.74, 6) is -0.534. The van der Waals surface area contributed by atoms with Crippen LogP contribution in [0.25, 0.3) is 6.08 Å². The molecule has 1 saturated heterocycles. The molecule has 0 saturated carbocycles. The second-order valence-corrected chi connectivity index (χ2v) is 5.59. The number of nitrogens with zero attached hydrogens (tertiary/aromatic N) is 1. The Hall–Kier alpha value is -2.62. The highest BCUT2D eigenvalue weighted by molar-refractivity contribution is 6.03. The molecule has 1 aliphatic rings. The third-order valence-corrected chi connectivity index (χ3v) is 3.88. The molecule has 0 atom stereocenters. The minimum atomic E-state index is -0.313. The molecule has 1 amide bonds. The predicted octanol–water partition coefficient (Wildman–Crippen LogP) is 4.08. The first-order valence-corrected chi connectivity index (χ1v) is 7.81. The zero-order valence-electron chi connectivity index (χ0n) is 12.8. The Bertz CT molecular complexity index is 721. The summed E-state index contributed by atoms with van der Waals surface area (Å²) in [4.78, 5) is 14.4. The van der Waals surface area contributed by atoms with Crippen LogP contribution < -0.4 is 10.2 Å². The van der Waals surface area contributed by atoms with Gasteiger partial charge >= 0.3 is 0 Å². The van der Waals surface area contributed by atoms with E-state index in [9.17, 15) is 9.18 Å². The Morgan fingerprint density at radius 2 is 1.87 bits per heavy atom. The lowest BCUT2D eigenvalue weighted by Gasteiger charge is -2.21. The summed E-state index contributed by atoms with van der Waals surface area (Å²) in [6.45, 7) is 2.04. The number of benzene rings is 2. The van der Waals surface area contributed by atoms with Crippen molar-refractivity contribution in [1.29, 1.82) is 0 Å². The van der Waals surface area contributed by atoms with Gasteiger partial charge < -0.3 is 10.2 Å². The maximum atomic E-state index is 13.1. The minimum absolute atomic E-state index is 0.221. The number of para-hydroxylation sites is 2. The SMILES string of the molecule is O=C(/C=C/c1cccc(F)c1)Nc1ccccc1N1CCCC1. The van der Waals surface area contributed by atoms with E-state index in [0.29, 0.717) is 5.56 Å². The first-order chi connectivity index (χ1) is 11.2. The molecule has 0 spiro atoms. The van der Waals surface area contributed by atoms with Gasteiger partial charge in [-0.1, -0.05) is 24.3 Å². The van der Waals surface area contributed by atoms with Crippen LogP contribution in [-0.2, 0) is 4.79 Å². The third-order valence-electron chi connectivity index (χ3n) is 3.88. The first-order valence-electron chi connectivity index (χ1n) is 7.81. The Labute approximate surface area is 135 Å². The molecule has 0 aliphatic carbocycles. The number of carbonyl (C=O) groups is 1. The normalized spacial score (nSPS) is 14.4. The van der Waals surface area contributed by atoms with Gasteiger partial charge in [-0.3, -0.25) is 4.79 Å². The Morgan fingerprint density at radius 3 is 2.65 bits per heavy atom. The van der Waals surface area contributed by atoms with E-state index in [1.165, 1.54) is 31.1 Å². The topological polar surface area (TPSA) is 32.3 Å². The lowest BCUT2D eigenvalue weighted by atomic mass is 10.2. The molecule has 0 aromatic heterocycles. The standard InChI is InChI=1S/C19H19FN2O/c20-16-7-5-6-15(14-16)10-11-19(23)21-17-8-1-2-9-18(17)22-12-3-4-13-22/h1-2,5-11,14H,3-4,12-13H2,(H,21,23)/b11-10+. The molecule has 1 heterocycles. The summed E-state index contributed by atoms with van der Waals surface area (Å²) in [7, 11) is 0. The van der Waals surface area contributed by atoms with Crippen LogP contribution in [0, 0.1) is 5.82 Å². The molecule has 3 nitrogen and oxygen atoms in total. The van der Waals surface area contributed by atoms with Crippen LogP contribution in [0.3, 0.4) is 0 Å². The number of halogens is 1. The van der Waals surface area contributed by atoms with E-state index in [4.69, 9.17) is 0 Å². The van der Waals surface area contributed by atoms with E-state index in [2.05, 4.69) is 10.2 Å². The van der Waals surface area contributed by atoms with Crippen LogP contribution in [0.2, 0.25) is 0 Å². The number of hydrogen-bond acceptors (Lipinski definition) is 2. The van der Waals surface area contributed by atoms with Gasteiger partial charge in [-0.05, 0) is 48.7 Å². The monoisotopic (exact) mass is 310 g/mol. The van der Waals surface area contributed by atoms with Crippen LogP contribution in [-0.4, -0.2) is 19.0 Å². The highest BCUT2D eigenvalue weighted by Gasteiger charge is 2.15. The molecule has 118 valence electrons. The quantitative estimate of drug-likeness (QED) is 0.863. The average Bonchev–Trinajstić information content (AvgIpc) is 3.08. The van der Waals surface area contributed by atoms with Crippen LogP contribution >= 0.6 is 0 Å². The maximum Gasteiger partial charge on any atom is 0.248 e. The molecule has 1 N–H and O–H groups in total. The second-order valence-electron chi connectivity index (χ2n) is 5.59. The molecule has 0 bridgehead atoms. The van der Waals surface area contributed by atoms with Gasteiger partial charge in [-0.2, -0.15) is 0 Å². The third kappa shape index (κ3) is 3.97. The molecule has 23 heavy (non-hydrogen) atoms. The van der Waals surface area contributed by atoms with E-state index in [-0.39, 0.29) is 11.7 Å². The number of carbonyl (C=O) groups excluding carboxylic acids is 1. The summed E-state index contributed by atoms with van der Waals surface area (Å²) in [6, 6.07) is 14.0. The zero-order chi connectivity index (χ0) is 16.1. The van der Waals surface area contributed by atoms with Gasteiger partial charge in [-0.15, -0.1) is 0 Å². The van der Waals surface area contributed by atoms with Crippen molar-refractivity contribution in [3.63, 3.8) is 0 Å². The molecule has 0 unspecified atom stereocenters. The van der Waals surface area contributed by atoms with E-state index >= 15 is 0 Å². The summed E-state index contributed by atoms with van der Waals surface area (Å²) in [5, 5.41) is 2.91. The number of amides is 1. The van der Waals surface area contributed by atoms with Gasteiger partial charge in [0, 0.05) is 19.2 Å². The van der Waals surface area contributed by atoms with Crippen molar-refractivity contribution in [3.8, 4) is 0 Å². The number of hydrogen-bond donors (Lipinski definition) is 1. The molecular formula is C19H19FN2O. The molecule has 2 aromatic rings. The van der Waals surface area contributed by atoms with Gasteiger partial charge in [-0.25, -0.2) is 4.39 Å². The highest BCUT2D eigenvalue weighted by atomic mass is 19.1. The average molecular weight is 310 g/mol. The molecule has 3 rings (SSSR count). The van der Waals surface area contributed by atoms with Crippen LogP contribution in [0.4, 0.5) is 15.8 Å². The Morgan fingerprint density at radius 1 is 1.09 bits per heavy atom. The number of nitrogens with one attached hydrogen (secondary N) is 1. The predicted molar refractivity (Wildman–Crippen MR) is 92.0 cm³/mol. The van der Waals surface area contributed by atoms with Gasteiger partial charge in [0.05, 0.1) is 11.4 Å². The van der Waals surface area contributed by atoms with Crippen molar-refractivity contribution in [2.45, 2.75) is 12.8 Å². The van der Waals surface area contributed by atoms with E-state index in [1.807, 2.05) is 24.3 Å². The molecule has 2 aromatic carbocycles. The van der Waals surface area contributed by atoms with Crippen molar-refractivity contribution in [2.24, 2.45) is 0 Å². The minimum Gasteiger partial charge on any atom is -0.370 e. The summed E-state index contributed by atoms with van der Waals surface area (Å²) < 4.78 is 13.1. The fourth-order valence-electron chi connectivity index (χ4n) is 2.77. The molecular weight excluding hydrogens is 291 g/mol. The van der Waals surface area contributed by atoms with Crippen LogP contribution in [0.1, 0.15) is 18.4 Å². The summed E-state index contributed by atoms with van der Waals surface area (Å²) in [6.07, 6.45) is 5.40. The zero-order valence-corrected chi connectivity index (χ0v) is 12.8. The van der Waals surface area contributed by atoms with Crippen LogP contribution in [0.5, 0.6) is 0 Å². The van der Waals surface area contributed by atoms with Gasteiger partial charge in [0.1, 0.15) is 5.82 Å². The summed E-state index contributed by atoms with van der Waals surface area (Å²) >= 11 is 0. The number of rotatable bonds is 4. The van der Waals surface area contributed by atoms with Crippen molar-refractivity contribution in [1.82, 2.24) is 0 Å².